The molecule has 102 valence electrons. The van der Waals surface area contributed by atoms with Crippen LogP contribution in [0.1, 0.15) is 28.9 Å². The van der Waals surface area contributed by atoms with E-state index >= 15 is 0 Å². The van der Waals surface area contributed by atoms with Gasteiger partial charge in [-0.3, -0.25) is 4.90 Å². The van der Waals surface area contributed by atoms with E-state index in [1.807, 2.05) is 6.92 Å². The lowest BCUT2D eigenvalue weighted by molar-refractivity contribution is 0.0696. The number of piperazine rings is 1. The lowest BCUT2D eigenvalue weighted by Gasteiger charge is -2.35. The number of carboxylic acids is 1. The molecule has 1 aromatic heterocycles. The van der Waals surface area contributed by atoms with Crippen molar-refractivity contribution in [3.05, 3.63) is 23.4 Å². The summed E-state index contributed by atoms with van der Waals surface area (Å²) in [6, 6.07) is 4.11. The van der Waals surface area contributed by atoms with Crippen LogP contribution in [0.5, 0.6) is 0 Å². The third-order valence-electron chi connectivity index (χ3n) is 3.89. The molecule has 1 aromatic rings. The summed E-state index contributed by atoms with van der Waals surface area (Å²) >= 11 is 0. The predicted octanol–water partition coefficient (Wildman–Crippen LogP) is 1.37. The molecule has 0 spiro atoms. The second-order valence-corrected chi connectivity index (χ2v) is 5.41. The first-order valence-electron chi connectivity index (χ1n) is 6.84. The van der Waals surface area contributed by atoms with Crippen LogP contribution in [0.4, 0.5) is 5.82 Å². The molecule has 2 heterocycles. The zero-order chi connectivity index (χ0) is 13.4. The van der Waals surface area contributed by atoms with E-state index < -0.39 is 5.97 Å². The van der Waals surface area contributed by atoms with E-state index in [0.29, 0.717) is 5.56 Å². The lowest BCUT2D eigenvalue weighted by atomic mass is 10.2. The van der Waals surface area contributed by atoms with E-state index in [4.69, 9.17) is 5.11 Å². The van der Waals surface area contributed by atoms with Crippen molar-refractivity contribution in [2.75, 3.05) is 31.1 Å². The summed E-state index contributed by atoms with van der Waals surface area (Å²) < 4.78 is 0. The highest BCUT2D eigenvalue weighted by molar-refractivity contribution is 5.88. The van der Waals surface area contributed by atoms with Gasteiger partial charge in [0.05, 0.1) is 5.56 Å². The van der Waals surface area contributed by atoms with Gasteiger partial charge in [0, 0.05) is 37.9 Å². The Morgan fingerprint density at radius 2 is 1.95 bits per heavy atom. The molecule has 1 saturated heterocycles. The molecular formula is C14H19N3O2. The average molecular weight is 261 g/mol. The maximum Gasteiger partial charge on any atom is 0.335 e. The Bertz CT molecular complexity index is 491. The molecule has 2 fully saturated rings. The number of rotatable bonds is 3. The zero-order valence-electron chi connectivity index (χ0n) is 11.2. The Morgan fingerprint density at radius 3 is 2.53 bits per heavy atom. The number of hydrogen-bond donors (Lipinski definition) is 1. The van der Waals surface area contributed by atoms with Crippen LogP contribution in [-0.2, 0) is 0 Å². The van der Waals surface area contributed by atoms with Crippen LogP contribution in [0.3, 0.4) is 0 Å². The topological polar surface area (TPSA) is 56.7 Å². The van der Waals surface area contributed by atoms with Crippen molar-refractivity contribution < 1.29 is 9.90 Å². The summed E-state index contributed by atoms with van der Waals surface area (Å²) in [6.45, 7) is 5.83. The van der Waals surface area contributed by atoms with Crippen molar-refractivity contribution >= 4 is 11.8 Å². The van der Waals surface area contributed by atoms with Crippen LogP contribution in [-0.4, -0.2) is 53.2 Å². The quantitative estimate of drug-likeness (QED) is 0.890. The van der Waals surface area contributed by atoms with E-state index in [1.165, 1.54) is 12.8 Å². The van der Waals surface area contributed by atoms with E-state index in [1.54, 1.807) is 12.1 Å². The largest absolute Gasteiger partial charge is 0.478 e. The summed E-state index contributed by atoms with van der Waals surface area (Å²) in [4.78, 5) is 20.3. The molecule has 0 bridgehead atoms. The highest BCUT2D eigenvalue weighted by atomic mass is 16.4. The average Bonchev–Trinajstić information content (AvgIpc) is 3.22. The smallest absolute Gasteiger partial charge is 0.335 e. The Kier molecular flexibility index (Phi) is 3.14. The van der Waals surface area contributed by atoms with Crippen molar-refractivity contribution in [1.29, 1.82) is 0 Å². The Hall–Kier alpha value is -1.62. The molecule has 0 radical (unpaired) electrons. The number of aromatic carboxylic acids is 1. The number of anilines is 1. The van der Waals surface area contributed by atoms with E-state index in [0.717, 1.165) is 43.7 Å². The summed E-state index contributed by atoms with van der Waals surface area (Å²) in [5, 5.41) is 9.10. The zero-order valence-corrected chi connectivity index (χ0v) is 11.2. The maximum atomic E-state index is 11.1. The Labute approximate surface area is 112 Å². The van der Waals surface area contributed by atoms with Gasteiger partial charge in [0.15, 0.2) is 0 Å². The van der Waals surface area contributed by atoms with Crippen molar-refractivity contribution in [3.8, 4) is 0 Å². The molecule has 5 heteroatoms. The van der Waals surface area contributed by atoms with Gasteiger partial charge in [0.1, 0.15) is 5.82 Å². The molecule has 1 N–H and O–H groups in total. The van der Waals surface area contributed by atoms with Crippen LogP contribution in [0, 0.1) is 6.92 Å². The standard InChI is InChI=1S/C14H19N3O2/c1-10-8-11(14(18)19)9-13(15-10)17-6-4-16(5-7-17)12-2-3-12/h8-9,12H,2-7H2,1H3,(H,18,19). The molecule has 0 amide bonds. The highest BCUT2D eigenvalue weighted by Crippen LogP contribution is 2.28. The Morgan fingerprint density at radius 1 is 1.26 bits per heavy atom. The summed E-state index contributed by atoms with van der Waals surface area (Å²) in [5.41, 5.74) is 1.09. The minimum atomic E-state index is -0.886. The third kappa shape index (κ3) is 2.71. The minimum Gasteiger partial charge on any atom is -0.478 e. The number of aromatic nitrogens is 1. The minimum absolute atomic E-state index is 0.326. The van der Waals surface area contributed by atoms with Gasteiger partial charge in [-0.2, -0.15) is 0 Å². The van der Waals surface area contributed by atoms with Crippen LogP contribution in [0.15, 0.2) is 12.1 Å². The monoisotopic (exact) mass is 261 g/mol. The van der Waals surface area contributed by atoms with Crippen molar-refractivity contribution in [1.82, 2.24) is 9.88 Å². The van der Waals surface area contributed by atoms with Crippen molar-refractivity contribution in [2.24, 2.45) is 0 Å². The second-order valence-electron chi connectivity index (χ2n) is 5.41. The predicted molar refractivity (Wildman–Crippen MR) is 72.7 cm³/mol. The van der Waals surface area contributed by atoms with Crippen LogP contribution < -0.4 is 4.90 Å². The normalized spacial score (nSPS) is 20.6. The van der Waals surface area contributed by atoms with Gasteiger partial charge < -0.3 is 10.0 Å². The molecule has 1 saturated carbocycles. The van der Waals surface area contributed by atoms with Gasteiger partial charge in [-0.25, -0.2) is 9.78 Å². The molecule has 0 atom stereocenters. The summed E-state index contributed by atoms with van der Waals surface area (Å²) in [6.07, 6.45) is 2.68. The van der Waals surface area contributed by atoms with Gasteiger partial charge in [-0.15, -0.1) is 0 Å². The maximum absolute atomic E-state index is 11.1. The van der Waals surface area contributed by atoms with Gasteiger partial charge in [-0.1, -0.05) is 0 Å². The molecule has 0 unspecified atom stereocenters. The molecule has 5 nitrogen and oxygen atoms in total. The highest BCUT2D eigenvalue weighted by Gasteiger charge is 2.31. The van der Waals surface area contributed by atoms with E-state index in [-0.39, 0.29) is 0 Å². The van der Waals surface area contributed by atoms with E-state index in [9.17, 15) is 4.79 Å². The molecule has 19 heavy (non-hydrogen) atoms. The first kappa shape index (κ1) is 12.4. The first-order valence-corrected chi connectivity index (χ1v) is 6.84. The van der Waals surface area contributed by atoms with Gasteiger partial charge >= 0.3 is 5.97 Å². The fraction of sp³-hybridized carbons (Fsp3) is 0.571. The first-order chi connectivity index (χ1) is 9.13. The number of nitrogens with zero attached hydrogens (tertiary/aromatic N) is 3. The fourth-order valence-electron chi connectivity index (χ4n) is 2.69. The molecule has 3 rings (SSSR count). The Balaban J connectivity index is 1.73. The second kappa shape index (κ2) is 4.81. The molecule has 1 aliphatic heterocycles. The van der Waals surface area contributed by atoms with Crippen LogP contribution in [0.25, 0.3) is 0 Å². The molecule has 1 aliphatic carbocycles. The van der Waals surface area contributed by atoms with Crippen LogP contribution >= 0.6 is 0 Å². The SMILES string of the molecule is Cc1cc(C(=O)O)cc(N2CCN(C3CC3)CC2)n1. The number of hydrogen-bond acceptors (Lipinski definition) is 4. The fourth-order valence-corrected chi connectivity index (χ4v) is 2.69. The number of carboxylic acid groups (broad SMARTS) is 1. The van der Waals surface area contributed by atoms with Crippen LogP contribution in [0.2, 0.25) is 0 Å². The van der Waals surface area contributed by atoms with Crippen molar-refractivity contribution in [3.63, 3.8) is 0 Å². The molecule has 2 aliphatic rings. The van der Waals surface area contributed by atoms with Gasteiger partial charge in [-0.05, 0) is 31.9 Å². The third-order valence-corrected chi connectivity index (χ3v) is 3.89. The van der Waals surface area contributed by atoms with Crippen molar-refractivity contribution in [2.45, 2.75) is 25.8 Å². The van der Waals surface area contributed by atoms with Gasteiger partial charge in [0.25, 0.3) is 0 Å². The van der Waals surface area contributed by atoms with Gasteiger partial charge in [0.2, 0.25) is 0 Å². The number of pyridine rings is 1. The number of aryl methyl sites for hydroxylation is 1. The summed E-state index contributed by atoms with van der Waals surface area (Å²) in [7, 11) is 0. The number of carbonyl (C=O) groups is 1. The summed E-state index contributed by atoms with van der Waals surface area (Å²) in [5.74, 6) is -0.0868. The lowest BCUT2D eigenvalue weighted by Crippen LogP contribution is -2.47. The van der Waals surface area contributed by atoms with E-state index in [2.05, 4.69) is 14.8 Å². The molecular weight excluding hydrogens is 242 g/mol. The molecule has 0 aromatic carbocycles.